The summed E-state index contributed by atoms with van der Waals surface area (Å²) >= 11 is 0. The van der Waals surface area contributed by atoms with Gasteiger partial charge in [-0.25, -0.2) is 0 Å². The number of carbonyl (C=O) groups is 1. The highest BCUT2D eigenvalue weighted by atomic mass is 16.1. The van der Waals surface area contributed by atoms with E-state index in [1.807, 2.05) is 11.7 Å². The normalized spacial score (nSPS) is 19.4. The van der Waals surface area contributed by atoms with Crippen molar-refractivity contribution in [2.75, 3.05) is 0 Å². The lowest BCUT2D eigenvalue weighted by molar-refractivity contribution is -0.124. The maximum Gasteiger partial charge on any atom is 0.223 e. The lowest BCUT2D eigenvalue weighted by Crippen LogP contribution is -2.29. The number of nitrogens with one attached hydrogen (secondary N) is 1. The molecule has 0 saturated heterocycles. The molecule has 1 fully saturated rings. The predicted octanol–water partition coefficient (Wildman–Crippen LogP) is 2.11. The van der Waals surface area contributed by atoms with Crippen LogP contribution < -0.4 is 5.32 Å². The van der Waals surface area contributed by atoms with Crippen LogP contribution in [0.5, 0.6) is 0 Å². The lowest BCUT2D eigenvalue weighted by atomic mass is 9.95. The van der Waals surface area contributed by atoms with Gasteiger partial charge < -0.3 is 5.32 Å². The van der Waals surface area contributed by atoms with Crippen LogP contribution >= 0.6 is 0 Å². The second-order valence-electron chi connectivity index (χ2n) is 5.90. The molecule has 0 bridgehead atoms. The third-order valence-electron chi connectivity index (χ3n) is 4.60. The molecule has 1 heterocycles. The summed E-state index contributed by atoms with van der Waals surface area (Å²) in [6, 6.07) is 0. The molecule has 0 unspecified atom stereocenters. The molecular formula is C15H23N3O. The van der Waals surface area contributed by atoms with Gasteiger partial charge in [0.25, 0.3) is 0 Å². The fraction of sp³-hybridized carbons (Fsp3) is 0.733. The minimum atomic E-state index is 0.229. The number of amides is 1. The van der Waals surface area contributed by atoms with Gasteiger partial charge in [0.1, 0.15) is 0 Å². The molecule has 0 atom stereocenters. The monoisotopic (exact) mass is 261 g/mol. The highest BCUT2D eigenvalue weighted by molar-refractivity contribution is 5.78. The van der Waals surface area contributed by atoms with Crippen LogP contribution in [0, 0.1) is 5.92 Å². The molecule has 4 heteroatoms. The summed E-state index contributed by atoms with van der Waals surface area (Å²) in [6.45, 7) is 0.610. The number of hydrogen-bond donors (Lipinski definition) is 1. The van der Waals surface area contributed by atoms with Gasteiger partial charge in [-0.15, -0.1) is 0 Å². The average Bonchev–Trinajstić information content (AvgIpc) is 3.06. The van der Waals surface area contributed by atoms with Crippen molar-refractivity contribution in [1.29, 1.82) is 0 Å². The minimum absolute atomic E-state index is 0.229. The van der Waals surface area contributed by atoms with E-state index in [2.05, 4.69) is 10.4 Å². The molecule has 0 aliphatic heterocycles. The van der Waals surface area contributed by atoms with Crippen molar-refractivity contribution in [1.82, 2.24) is 15.1 Å². The van der Waals surface area contributed by atoms with Crippen molar-refractivity contribution >= 4 is 5.91 Å². The van der Waals surface area contributed by atoms with Gasteiger partial charge in [-0.3, -0.25) is 9.48 Å². The maximum absolute atomic E-state index is 12.0. The molecule has 2 aliphatic carbocycles. The summed E-state index contributed by atoms with van der Waals surface area (Å²) in [5.74, 6) is 0.479. The van der Waals surface area contributed by atoms with Crippen LogP contribution in [0.3, 0.4) is 0 Å². The zero-order chi connectivity index (χ0) is 13.2. The fourth-order valence-electron chi connectivity index (χ4n) is 3.50. The molecule has 1 saturated carbocycles. The highest BCUT2D eigenvalue weighted by Crippen LogP contribution is 2.26. The Bertz CT molecular complexity index is 472. The largest absolute Gasteiger partial charge is 0.350 e. The molecule has 1 aromatic heterocycles. The number of nitrogens with zero attached hydrogens (tertiary/aromatic N) is 2. The zero-order valence-electron chi connectivity index (χ0n) is 11.7. The van der Waals surface area contributed by atoms with Gasteiger partial charge in [0, 0.05) is 18.7 Å². The van der Waals surface area contributed by atoms with E-state index in [1.165, 1.54) is 36.9 Å². The second-order valence-corrected chi connectivity index (χ2v) is 5.90. The van der Waals surface area contributed by atoms with Crippen LogP contribution in [-0.2, 0) is 31.2 Å². The van der Waals surface area contributed by atoms with E-state index < -0.39 is 0 Å². The third kappa shape index (κ3) is 2.53. The number of hydrogen-bond acceptors (Lipinski definition) is 2. The first-order chi connectivity index (χ1) is 9.25. The molecule has 0 radical (unpaired) electrons. The second kappa shape index (κ2) is 5.35. The van der Waals surface area contributed by atoms with Crippen LogP contribution in [0.25, 0.3) is 0 Å². The first-order valence-electron chi connectivity index (χ1n) is 7.57. The topological polar surface area (TPSA) is 46.9 Å². The van der Waals surface area contributed by atoms with Gasteiger partial charge in [0.15, 0.2) is 0 Å². The van der Waals surface area contributed by atoms with Crippen LogP contribution in [-0.4, -0.2) is 15.7 Å². The van der Waals surface area contributed by atoms with E-state index in [9.17, 15) is 4.79 Å². The highest BCUT2D eigenvalue weighted by Gasteiger charge is 2.24. The molecule has 3 rings (SSSR count). The van der Waals surface area contributed by atoms with E-state index in [-0.39, 0.29) is 11.8 Å². The molecule has 0 spiro atoms. The first-order valence-corrected chi connectivity index (χ1v) is 7.57. The van der Waals surface area contributed by atoms with Gasteiger partial charge >= 0.3 is 0 Å². The summed E-state index contributed by atoms with van der Waals surface area (Å²) < 4.78 is 2.01. The SMILES string of the molecule is Cn1nc(CNC(=O)C2CCCC2)c2c1CCCC2. The van der Waals surface area contributed by atoms with Gasteiger partial charge in [-0.05, 0) is 44.1 Å². The van der Waals surface area contributed by atoms with E-state index in [0.717, 1.165) is 31.4 Å². The van der Waals surface area contributed by atoms with Crippen LogP contribution in [0.4, 0.5) is 0 Å². The molecule has 0 aromatic carbocycles. The van der Waals surface area contributed by atoms with Gasteiger partial charge in [-0.2, -0.15) is 5.10 Å². The van der Waals surface area contributed by atoms with Crippen molar-refractivity contribution < 1.29 is 4.79 Å². The Labute approximate surface area is 114 Å². The molecule has 104 valence electrons. The molecule has 1 N–H and O–H groups in total. The van der Waals surface area contributed by atoms with Crippen molar-refractivity contribution in [3.8, 4) is 0 Å². The predicted molar refractivity (Wildman–Crippen MR) is 73.7 cm³/mol. The number of aryl methyl sites for hydroxylation is 1. The molecular weight excluding hydrogens is 238 g/mol. The van der Waals surface area contributed by atoms with Crippen molar-refractivity contribution in [3.05, 3.63) is 17.0 Å². The van der Waals surface area contributed by atoms with Crippen molar-refractivity contribution in [3.63, 3.8) is 0 Å². The summed E-state index contributed by atoms with van der Waals surface area (Å²) in [5, 5.41) is 7.68. The van der Waals surface area contributed by atoms with Crippen LogP contribution in [0.1, 0.15) is 55.5 Å². The standard InChI is InChI=1S/C15H23N3O/c1-18-14-9-5-4-8-12(14)13(17-18)10-16-15(19)11-6-2-3-7-11/h11H,2-10H2,1H3,(H,16,19). The molecule has 4 nitrogen and oxygen atoms in total. The Kier molecular flexibility index (Phi) is 3.58. The number of rotatable bonds is 3. The van der Waals surface area contributed by atoms with Gasteiger partial charge in [0.2, 0.25) is 5.91 Å². The fourth-order valence-corrected chi connectivity index (χ4v) is 3.50. The third-order valence-corrected chi connectivity index (χ3v) is 4.60. The molecule has 1 aromatic rings. The van der Waals surface area contributed by atoms with Gasteiger partial charge in [0.05, 0.1) is 12.2 Å². The Morgan fingerprint density at radius 2 is 2.00 bits per heavy atom. The van der Waals surface area contributed by atoms with Crippen molar-refractivity contribution in [2.45, 2.75) is 57.9 Å². The minimum Gasteiger partial charge on any atom is -0.350 e. The van der Waals surface area contributed by atoms with E-state index in [4.69, 9.17) is 0 Å². The van der Waals surface area contributed by atoms with Crippen molar-refractivity contribution in [2.24, 2.45) is 13.0 Å². The summed E-state index contributed by atoms with van der Waals surface area (Å²) in [5.41, 5.74) is 3.85. The summed E-state index contributed by atoms with van der Waals surface area (Å²) in [4.78, 5) is 12.0. The average molecular weight is 261 g/mol. The number of aromatic nitrogens is 2. The Hall–Kier alpha value is -1.32. The summed E-state index contributed by atoms with van der Waals surface area (Å²) in [6.07, 6.45) is 9.31. The number of carbonyl (C=O) groups excluding carboxylic acids is 1. The quantitative estimate of drug-likeness (QED) is 0.906. The summed E-state index contributed by atoms with van der Waals surface area (Å²) in [7, 11) is 2.02. The molecule has 1 amide bonds. The van der Waals surface area contributed by atoms with Gasteiger partial charge in [-0.1, -0.05) is 12.8 Å². The maximum atomic E-state index is 12.0. The zero-order valence-corrected chi connectivity index (χ0v) is 11.7. The molecule has 2 aliphatic rings. The smallest absolute Gasteiger partial charge is 0.223 e. The van der Waals surface area contributed by atoms with E-state index >= 15 is 0 Å². The Morgan fingerprint density at radius 1 is 1.26 bits per heavy atom. The lowest BCUT2D eigenvalue weighted by Gasteiger charge is -2.13. The van der Waals surface area contributed by atoms with Crippen LogP contribution in [0.2, 0.25) is 0 Å². The first kappa shape index (κ1) is 12.7. The Morgan fingerprint density at radius 3 is 2.79 bits per heavy atom. The Balaban J connectivity index is 1.65. The molecule has 19 heavy (non-hydrogen) atoms. The van der Waals surface area contributed by atoms with E-state index in [0.29, 0.717) is 6.54 Å². The van der Waals surface area contributed by atoms with Crippen LogP contribution in [0.15, 0.2) is 0 Å². The van der Waals surface area contributed by atoms with E-state index in [1.54, 1.807) is 0 Å². The number of fused-ring (bicyclic) bond motifs is 1.